The third-order valence-electron chi connectivity index (χ3n) is 2.73. The minimum absolute atomic E-state index is 0.00959. The Bertz CT molecular complexity index is 627. The normalized spacial score (nSPS) is 10.0. The van der Waals surface area contributed by atoms with Gasteiger partial charge in [-0.2, -0.15) is 0 Å². The lowest BCUT2D eigenvalue weighted by atomic mass is 10.2. The molecule has 0 aliphatic rings. The number of para-hydroxylation sites is 2. The zero-order valence-electron chi connectivity index (χ0n) is 11.3. The van der Waals surface area contributed by atoms with Crippen molar-refractivity contribution in [1.82, 2.24) is 5.32 Å². The maximum atomic E-state index is 13.0. The highest BCUT2D eigenvalue weighted by atomic mass is 19.1. The number of hydrogen-bond acceptors (Lipinski definition) is 2. The number of amides is 2. The molecule has 0 aliphatic heterocycles. The van der Waals surface area contributed by atoms with Crippen LogP contribution in [0.5, 0.6) is 5.75 Å². The van der Waals surface area contributed by atoms with E-state index < -0.39 is 17.7 Å². The predicted molar refractivity (Wildman–Crippen MR) is 75.2 cm³/mol. The van der Waals surface area contributed by atoms with Gasteiger partial charge in [-0.3, -0.25) is 0 Å². The van der Waals surface area contributed by atoms with Gasteiger partial charge >= 0.3 is 6.03 Å². The maximum Gasteiger partial charge on any atom is 0.319 e. The molecule has 0 saturated heterocycles. The Kier molecular flexibility index (Phi) is 4.71. The van der Waals surface area contributed by atoms with Crippen molar-refractivity contribution in [3.8, 4) is 5.75 Å². The molecule has 0 radical (unpaired) electrons. The SMILES string of the molecule is COc1ccccc1NC(=O)NCc1cc(F)cc(F)c1. The Morgan fingerprint density at radius 1 is 1.14 bits per heavy atom. The van der Waals surface area contributed by atoms with Crippen molar-refractivity contribution in [2.75, 3.05) is 12.4 Å². The van der Waals surface area contributed by atoms with Gasteiger partial charge in [0.25, 0.3) is 0 Å². The molecule has 110 valence electrons. The van der Waals surface area contributed by atoms with Crippen LogP contribution in [0.15, 0.2) is 42.5 Å². The molecule has 0 heterocycles. The number of benzene rings is 2. The van der Waals surface area contributed by atoms with Crippen molar-refractivity contribution in [1.29, 1.82) is 0 Å². The highest BCUT2D eigenvalue weighted by Gasteiger charge is 2.07. The van der Waals surface area contributed by atoms with Crippen molar-refractivity contribution in [3.05, 3.63) is 59.7 Å². The van der Waals surface area contributed by atoms with Crippen molar-refractivity contribution >= 4 is 11.7 Å². The lowest BCUT2D eigenvalue weighted by Crippen LogP contribution is -2.28. The van der Waals surface area contributed by atoms with E-state index in [0.29, 0.717) is 17.0 Å². The summed E-state index contributed by atoms with van der Waals surface area (Å²) in [6, 6.07) is 9.51. The van der Waals surface area contributed by atoms with Gasteiger partial charge < -0.3 is 15.4 Å². The molecule has 2 amide bonds. The summed E-state index contributed by atoms with van der Waals surface area (Å²) in [5, 5.41) is 5.11. The number of ether oxygens (including phenoxy) is 1. The van der Waals surface area contributed by atoms with Gasteiger partial charge in [0.05, 0.1) is 12.8 Å². The fourth-order valence-electron chi connectivity index (χ4n) is 1.81. The van der Waals surface area contributed by atoms with Crippen LogP contribution in [-0.4, -0.2) is 13.1 Å². The smallest absolute Gasteiger partial charge is 0.319 e. The second kappa shape index (κ2) is 6.69. The molecule has 0 fully saturated rings. The van der Waals surface area contributed by atoms with E-state index >= 15 is 0 Å². The van der Waals surface area contributed by atoms with E-state index in [1.54, 1.807) is 24.3 Å². The molecular formula is C15H14F2N2O2. The van der Waals surface area contributed by atoms with E-state index in [2.05, 4.69) is 10.6 Å². The molecule has 4 nitrogen and oxygen atoms in total. The van der Waals surface area contributed by atoms with Crippen LogP contribution in [0, 0.1) is 11.6 Å². The Morgan fingerprint density at radius 3 is 2.48 bits per heavy atom. The number of rotatable bonds is 4. The van der Waals surface area contributed by atoms with Crippen molar-refractivity contribution in [2.24, 2.45) is 0 Å². The number of methoxy groups -OCH3 is 1. The number of carbonyl (C=O) groups is 1. The molecule has 0 aliphatic carbocycles. The summed E-state index contributed by atoms with van der Waals surface area (Å²) < 4.78 is 31.1. The minimum atomic E-state index is -0.683. The first-order valence-electron chi connectivity index (χ1n) is 6.21. The summed E-state index contributed by atoms with van der Waals surface area (Å²) in [5.41, 5.74) is 0.839. The van der Waals surface area contributed by atoms with Gasteiger partial charge in [-0.15, -0.1) is 0 Å². The highest BCUT2D eigenvalue weighted by Crippen LogP contribution is 2.22. The van der Waals surface area contributed by atoms with Crippen molar-refractivity contribution < 1.29 is 18.3 Å². The van der Waals surface area contributed by atoms with Gasteiger partial charge in [0.15, 0.2) is 0 Å². The molecular weight excluding hydrogens is 278 g/mol. The summed E-state index contributed by atoms with van der Waals surface area (Å²) in [4.78, 5) is 11.8. The number of urea groups is 1. The van der Waals surface area contributed by atoms with Crippen LogP contribution < -0.4 is 15.4 Å². The van der Waals surface area contributed by atoms with Crippen LogP contribution in [0.3, 0.4) is 0 Å². The lowest BCUT2D eigenvalue weighted by molar-refractivity contribution is 0.251. The topological polar surface area (TPSA) is 50.4 Å². The summed E-state index contributed by atoms with van der Waals surface area (Å²) in [5.74, 6) is -0.849. The third-order valence-corrected chi connectivity index (χ3v) is 2.73. The first-order valence-corrected chi connectivity index (χ1v) is 6.21. The van der Waals surface area contributed by atoms with Gasteiger partial charge in [-0.1, -0.05) is 12.1 Å². The number of carbonyl (C=O) groups excluding carboxylic acids is 1. The van der Waals surface area contributed by atoms with Crippen molar-refractivity contribution in [3.63, 3.8) is 0 Å². The minimum Gasteiger partial charge on any atom is -0.495 e. The average molecular weight is 292 g/mol. The second-order valence-electron chi connectivity index (χ2n) is 4.29. The predicted octanol–water partition coefficient (Wildman–Crippen LogP) is 3.30. The molecule has 6 heteroatoms. The molecule has 2 aromatic carbocycles. The Labute approximate surface area is 120 Å². The third kappa shape index (κ3) is 4.17. The van der Waals surface area contributed by atoms with Gasteiger partial charge in [-0.25, -0.2) is 13.6 Å². The van der Waals surface area contributed by atoms with Crippen LogP contribution in [0.1, 0.15) is 5.56 Å². The number of halogens is 2. The molecule has 21 heavy (non-hydrogen) atoms. The first kappa shape index (κ1) is 14.8. The zero-order valence-corrected chi connectivity index (χ0v) is 11.3. The number of anilines is 1. The molecule has 0 spiro atoms. The van der Waals surface area contributed by atoms with E-state index in [0.717, 1.165) is 18.2 Å². The van der Waals surface area contributed by atoms with E-state index in [1.165, 1.54) is 7.11 Å². The zero-order chi connectivity index (χ0) is 15.2. The molecule has 2 rings (SSSR count). The van der Waals surface area contributed by atoms with Gasteiger partial charge in [0.2, 0.25) is 0 Å². The molecule has 2 aromatic rings. The number of nitrogens with one attached hydrogen (secondary N) is 2. The van der Waals surface area contributed by atoms with E-state index in [-0.39, 0.29) is 6.54 Å². The molecule has 2 N–H and O–H groups in total. The second-order valence-corrected chi connectivity index (χ2v) is 4.29. The molecule has 0 unspecified atom stereocenters. The van der Waals surface area contributed by atoms with E-state index in [1.807, 2.05) is 0 Å². The Hall–Kier alpha value is -2.63. The van der Waals surface area contributed by atoms with Crippen LogP contribution in [-0.2, 0) is 6.54 Å². The fourth-order valence-corrected chi connectivity index (χ4v) is 1.81. The largest absolute Gasteiger partial charge is 0.495 e. The van der Waals surface area contributed by atoms with Crippen LogP contribution in [0.4, 0.5) is 19.3 Å². The van der Waals surface area contributed by atoms with Gasteiger partial charge in [0.1, 0.15) is 17.4 Å². The first-order chi connectivity index (χ1) is 10.1. The van der Waals surface area contributed by atoms with E-state index in [9.17, 15) is 13.6 Å². The Balaban J connectivity index is 1.96. The number of hydrogen-bond donors (Lipinski definition) is 2. The summed E-state index contributed by atoms with van der Waals surface area (Å²) >= 11 is 0. The average Bonchev–Trinajstić information content (AvgIpc) is 2.45. The summed E-state index contributed by atoms with van der Waals surface area (Å²) in [6.07, 6.45) is 0. The summed E-state index contributed by atoms with van der Waals surface area (Å²) in [7, 11) is 1.49. The fraction of sp³-hybridized carbons (Fsp3) is 0.133. The monoisotopic (exact) mass is 292 g/mol. The molecule has 0 bridgehead atoms. The highest BCUT2D eigenvalue weighted by molar-refractivity contribution is 5.90. The molecule has 0 atom stereocenters. The molecule has 0 saturated carbocycles. The quantitative estimate of drug-likeness (QED) is 0.908. The lowest BCUT2D eigenvalue weighted by Gasteiger charge is -2.11. The van der Waals surface area contributed by atoms with E-state index in [4.69, 9.17) is 4.74 Å². The van der Waals surface area contributed by atoms with Crippen LogP contribution in [0.2, 0.25) is 0 Å². The Morgan fingerprint density at radius 2 is 1.81 bits per heavy atom. The van der Waals surface area contributed by atoms with Crippen LogP contribution in [0.25, 0.3) is 0 Å². The van der Waals surface area contributed by atoms with Crippen molar-refractivity contribution in [2.45, 2.75) is 6.54 Å². The maximum absolute atomic E-state index is 13.0. The van der Waals surface area contributed by atoms with Crippen LogP contribution >= 0.6 is 0 Å². The standard InChI is InChI=1S/C15H14F2N2O2/c1-21-14-5-3-2-4-13(14)19-15(20)18-9-10-6-11(16)8-12(17)7-10/h2-8H,9H2,1H3,(H2,18,19,20). The van der Waals surface area contributed by atoms with Gasteiger partial charge in [0, 0.05) is 12.6 Å². The van der Waals surface area contributed by atoms with Gasteiger partial charge in [-0.05, 0) is 29.8 Å². The summed E-state index contributed by atoms with van der Waals surface area (Å²) in [6.45, 7) is 0.00959. The molecule has 0 aromatic heterocycles.